The van der Waals surface area contributed by atoms with Gasteiger partial charge in [-0.05, 0) is 48.7 Å². The van der Waals surface area contributed by atoms with Gasteiger partial charge in [-0.15, -0.1) is 0 Å². The fourth-order valence-electron chi connectivity index (χ4n) is 2.60. The Morgan fingerprint density at radius 3 is 2.69 bits per heavy atom. The molecule has 1 heterocycles. The third-order valence-corrected chi connectivity index (χ3v) is 3.95. The molecule has 0 radical (unpaired) electrons. The molecule has 3 rings (SSSR count). The van der Waals surface area contributed by atoms with Crippen molar-refractivity contribution in [3.8, 4) is 11.5 Å². The van der Waals surface area contributed by atoms with E-state index in [0.717, 1.165) is 23.1 Å². The molecule has 0 N–H and O–H groups in total. The number of carbonyl (C=O) groups excluding carboxylic acids is 1. The predicted octanol–water partition coefficient (Wildman–Crippen LogP) is 4.14. The molecule has 0 saturated heterocycles. The van der Waals surface area contributed by atoms with Gasteiger partial charge in [0.05, 0.1) is 13.7 Å². The van der Waals surface area contributed by atoms with Gasteiger partial charge < -0.3 is 14.2 Å². The third kappa shape index (κ3) is 3.77. The van der Waals surface area contributed by atoms with Crippen molar-refractivity contribution in [2.45, 2.75) is 20.3 Å². The Morgan fingerprint density at radius 1 is 1.15 bits per heavy atom. The maximum atomic E-state index is 12.2. The predicted molar refractivity (Wildman–Crippen MR) is 101 cm³/mol. The summed E-state index contributed by atoms with van der Waals surface area (Å²) in [6, 6.07) is 13.1. The number of hydrogen-bond acceptors (Lipinski definition) is 5. The fraction of sp³-hybridized carbons (Fsp3) is 0.238. The van der Waals surface area contributed by atoms with E-state index in [9.17, 15) is 4.79 Å². The topological polar surface area (TPSA) is 57.1 Å². The summed E-state index contributed by atoms with van der Waals surface area (Å²) in [5, 5.41) is 0. The van der Waals surface area contributed by atoms with Gasteiger partial charge >= 0.3 is 5.97 Å². The molecule has 0 fully saturated rings. The van der Waals surface area contributed by atoms with Crippen molar-refractivity contribution >= 4 is 17.9 Å². The number of aryl methyl sites for hydroxylation is 1. The molecule has 2 aromatic rings. The van der Waals surface area contributed by atoms with Crippen LogP contribution in [-0.4, -0.2) is 25.6 Å². The Kier molecular flexibility index (Phi) is 5.37. The van der Waals surface area contributed by atoms with Crippen LogP contribution in [0.15, 0.2) is 53.2 Å². The highest BCUT2D eigenvalue weighted by Gasteiger charge is 2.25. The first kappa shape index (κ1) is 17.7. The van der Waals surface area contributed by atoms with E-state index in [1.54, 1.807) is 13.2 Å². The first-order valence-corrected chi connectivity index (χ1v) is 8.51. The monoisotopic (exact) mass is 351 g/mol. The molecule has 5 nitrogen and oxygen atoms in total. The second kappa shape index (κ2) is 7.87. The molecule has 2 aromatic carbocycles. The van der Waals surface area contributed by atoms with E-state index in [4.69, 9.17) is 14.2 Å². The molecule has 5 heteroatoms. The highest BCUT2D eigenvalue weighted by molar-refractivity contribution is 6.13. The normalized spacial score (nSPS) is 15.0. The van der Waals surface area contributed by atoms with Crippen molar-refractivity contribution in [2.75, 3.05) is 13.7 Å². The fourth-order valence-corrected chi connectivity index (χ4v) is 2.60. The molecule has 0 unspecified atom stereocenters. The van der Waals surface area contributed by atoms with Gasteiger partial charge in [-0.25, -0.2) is 9.79 Å². The Hall–Kier alpha value is -3.08. The molecular weight excluding hydrogens is 330 g/mol. The van der Waals surface area contributed by atoms with Crippen molar-refractivity contribution in [2.24, 2.45) is 4.99 Å². The smallest absolute Gasteiger partial charge is 0.363 e. The Balaban J connectivity index is 1.92. The molecule has 0 amide bonds. The average Bonchev–Trinajstić information content (AvgIpc) is 3.00. The zero-order chi connectivity index (χ0) is 18.5. The molecule has 0 spiro atoms. The molecule has 1 aliphatic heterocycles. The van der Waals surface area contributed by atoms with Crippen LogP contribution in [0.1, 0.15) is 30.0 Å². The average molecular weight is 351 g/mol. The minimum atomic E-state index is -0.463. The van der Waals surface area contributed by atoms with Crippen LogP contribution in [0.25, 0.3) is 6.08 Å². The molecule has 0 saturated carbocycles. The van der Waals surface area contributed by atoms with Crippen molar-refractivity contribution in [1.29, 1.82) is 0 Å². The lowest BCUT2D eigenvalue weighted by Crippen LogP contribution is -2.06. The van der Waals surface area contributed by atoms with Crippen molar-refractivity contribution < 1.29 is 19.0 Å². The van der Waals surface area contributed by atoms with Crippen LogP contribution >= 0.6 is 0 Å². The molecule has 0 aliphatic carbocycles. The van der Waals surface area contributed by atoms with E-state index in [-0.39, 0.29) is 5.70 Å². The largest absolute Gasteiger partial charge is 0.493 e. The quantitative estimate of drug-likeness (QED) is 0.580. The summed E-state index contributed by atoms with van der Waals surface area (Å²) < 4.78 is 16.4. The number of esters is 1. The number of carbonyl (C=O) groups is 1. The van der Waals surface area contributed by atoms with Crippen LogP contribution in [0.5, 0.6) is 11.5 Å². The van der Waals surface area contributed by atoms with Crippen LogP contribution in [0.3, 0.4) is 0 Å². The van der Waals surface area contributed by atoms with E-state index < -0.39 is 5.97 Å². The van der Waals surface area contributed by atoms with Gasteiger partial charge in [0.2, 0.25) is 5.90 Å². The van der Waals surface area contributed by atoms with Crippen LogP contribution in [0.4, 0.5) is 0 Å². The number of aliphatic imine (C=N–C) groups is 1. The Labute approximate surface area is 152 Å². The summed E-state index contributed by atoms with van der Waals surface area (Å²) in [5.74, 6) is 1.15. The van der Waals surface area contributed by atoms with E-state index in [0.29, 0.717) is 24.0 Å². The molecule has 134 valence electrons. The van der Waals surface area contributed by atoms with Crippen molar-refractivity contribution in [3.05, 3.63) is 64.9 Å². The summed E-state index contributed by atoms with van der Waals surface area (Å²) in [5.41, 5.74) is 2.86. The first-order chi connectivity index (χ1) is 12.6. The summed E-state index contributed by atoms with van der Waals surface area (Å²) in [6.07, 6.45) is 2.58. The molecule has 0 bridgehead atoms. The van der Waals surface area contributed by atoms with Gasteiger partial charge in [0.25, 0.3) is 0 Å². The van der Waals surface area contributed by atoms with Gasteiger partial charge in [0.1, 0.15) is 0 Å². The molecule has 0 aromatic heterocycles. The Morgan fingerprint density at radius 2 is 1.96 bits per heavy atom. The van der Waals surface area contributed by atoms with Gasteiger partial charge in [0.15, 0.2) is 17.2 Å². The minimum Gasteiger partial charge on any atom is -0.493 e. The van der Waals surface area contributed by atoms with E-state index in [1.165, 1.54) is 0 Å². The molecule has 26 heavy (non-hydrogen) atoms. The van der Waals surface area contributed by atoms with Crippen LogP contribution < -0.4 is 9.47 Å². The summed E-state index contributed by atoms with van der Waals surface area (Å²) in [7, 11) is 1.60. The number of methoxy groups -OCH3 is 1. The maximum Gasteiger partial charge on any atom is 0.363 e. The van der Waals surface area contributed by atoms with E-state index in [1.807, 2.05) is 56.3 Å². The first-order valence-electron chi connectivity index (χ1n) is 8.51. The minimum absolute atomic E-state index is 0.259. The Bertz CT molecular complexity index is 883. The number of ether oxygens (including phenoxy) is 3. The maximum absolute atomic E-state index is 12.2. The summed E-state index contributed by atoms with van der Waals surface area (Å²) in [4.78, 5) is 16.6. The highest BCUT2D eigenvalue weighted by Crippen LogP contribution is 2.30. The molecular formula is C21H21NO4. The number of cyclic esters (lactones) is 1. The second-order valence-electron chi connectivity index (χ2n) is 5.91. The molecule has 0 atom stereocenters. The van der Waals surface area contributed by atoms with Crippen LogP contribution in [0.2, 0.25) is 0 Å². The van der Waals surface area contributed by atoms with Gasteiger partial charge in [-0.2, -0.15) is 0 Å². The summed E-state index contributed by atoms with van der Waals surface area (Å²) >= 11 is 0. The number of nitrogens with zero attached hydrogens (tertiary/aromatic N) is 1. The third-order valence-electron chi connectivity index (χ3n) is 3.95. The second-order valence-corrected chi connectivity index (χ2v) is 5.91. The lowest BCUT2D eigenvalue weighted by Gasteiger charge is -2.10. The standard InChI is InChI=1S/C21H21NO4/c1-4-11-25-19-13-15(9-10-18(19)24-3)12-17-21(23)26-20(22-17)16-8-6-5-7-14(16)2/h5-10,12-13H,4,11H2,1-3H3/b17-12+. The zero-order valence-corrected chi connectivity index (χ0v) is 15.1. The lowest BCUT2D eigenvalue weighted by molar-refractivity contribution is -0.129. The van der Waals surface area contributed by atoms with Crippen molar-refractivity contribution in [3.63, 3.8) is 0 Å². The zero-order valence-electron chi connectivity index (χ0n) is 15.1. The SMILES string of the molecule is CCCOc1cc(/C=C2/N=C(c3ccccc3C)OC2=O)ccc1OC. The van der Waals surface area contributed by atoms with Gasteiger partial charge in [-0.1, -0.05) is 31.2 Å². The van der Waals surface area contributed by atoms with Crippen LogP contribution in [-0.2, 0) is 9.53 Å². The number of benzene rings is 2. The summed E-state index contributed by atoms with van der Waals surface area (Å²) in [6.45, 7) is 4.58. The number of rotatable bonds is 6. The van der Waals surface area contributed by atoms with Gasteiger partial charge in [-0.3, -0.25) is 0 Å². The highest BCUT2D eigenvalue weighted by atomic mass is 16.6. The van der Waals surface area contributed by atoms with E-state index >= 15 is 0 Å². The van der Waals surface area contributed by atoms with Crippen molar-refractivity contribution in [1.82, 2.24) is 0 Å². The lowest BCUT2D eigenvalue weighted by atomic mass is 10.1. The number of hydrogen-bond donors (Lipinski definition) is 0. The van der Waals surface area contributed by atoms with E-state index in [2.05, 4.69) is 4.99 Å². The van der Waals surface area contributed by atoms with Crippen LogP contribution in [0, 0.1) is 6.92 Å². The van der Waals surface area contributed by atoms with Gasteiger partial charge in [0, 0.05) is 5.56 Å². The molecule has 1 aliphatic rings.